The molecule has 0 aliphatic heterocycles. The second-order valence-electron chi connectivity index (χ2n) is 7.35. The predicted molar refractivity (Wildman–Crippen MR) is 111 cm³/mol. The molecular formula is C20H21F2N5OS. The van der Waals surface area contributed by atoms with E-state index in [2.05, 4.69) is 25.0 Å². The van der Waals surface area contributed by atoms with Gasteiger partial charge in [-0.1, -0.05) is 13.8 Å². The Morgan fingerprint density at radius 1 is 1.31 bits per heavy atom. The lowest BCUT2D eigenvalue weighted by Gasteiger charge is -2.12. The van der Waals surface area contributed by atoms with E-state index < -0.39 is 23.0 Å². The first-order valence-electron chi connectivity index (χ1n) is 9.46. The summed E-state index contributed by atoms with van der Waals surface area (Å²) in [5.41, 5.74) is 0.0336. The van der Waals surface area contributed by atoms with Gasteiger partial charge in [0, 0.05) is 18.0 Å². The largest absolute Gasteiger partial charge is 0.369 e. The lowest BCUT2D eigenvalue weighted by Crippen LogP contribution is -2.11. The number of benzene rings is 1. The molecule has 1 saturated carbocycles. The Bertz CT molecular complexity index is 1060. The van der Waals surface area contributed by atoms with Crippen LogP contribution in [0.4, 0.5) is 20.3 Å². The zero-order valence-corrected chi connectivity index (χ0v) is 16.9. The minimum atomic E-state index is -0.915. The normalized spacial score (nSPS) is 13.8. The Morgan fingerprint density at radius 2 is 2.10 bits per heavy atom. The fraction of sp³-hybridized carbons (Fsp3) is 0.350. The maximum Gasteiger partial charge on any atom is 0.201 e. The SMILES string of the molecule is CC(C)SNc1ccc(F)c(C(=O)c2c[nH]c3ncnc(NCC4CC4)c23)c1F. The molecule has 1 aromatic carbocycles. The first kappa shape index (κ1) is 19.6. The lowest BCUT2D eigenvalue weighted by molar-refractivity contribution is 0.103. The Hall–Kier alpha value is -2.68. The molecule has 29 heavy (non-hydrogen) atoms. The van der Waals surface area contributed by atoms with Gasteiger partial charge in [0.05, 0.1) is 22.2 Å². The van der Waals surface area contributed by atoms with Crippen LogP contribution >= 0.6 is 11.9 Å². The Labute approximate surface area is 171 Å². The molecule has 2 aromatic heterocycles. The zero-order chi connectivity index (χ0) is 20.5. The number of carbonyl (C=O) groups excluding carboxylic acids is 1. The van der Waals surface area contributed by atoms with Crippen LogP contribution in [0.15, 0.2) is 24.7 Å². The Morgan fingerprint density at radius 3 is 2.83 bits per heavy atom. The highest BCUT2D eigenvalue weighted by molar-refractivity contribution is 8.01. The van der Waals surface area contributed by atoms with Crippen LogP contribution in [-0.2, 0) is 0 Å². The fourth-order valence-electron chi connectivity index (χ4n) is 2.99. The molecule has 4 rings (SSSR count). The Balaban J connectivity index is 1.72. The number of ketones is 1. The van der Waals surface area contributed by atoms with Gasteiger partial charge in [0.15, 0.2) is 5.82 Å². The number of aromatic amines is 1. The van der Waals surface area contributed by atoms with Gasteiger partial charge in [-0.25, -0.2) is 18.7 Å². The van der Waals surface area contributed by atoms with Crippen LogP contribution in [0.1, 0.15) is 42.6 Å². The van der Waals surface area contributed by atoms with Gasteiger partial charge in [-0.3, -0.25) is 4.79 Å². The summed E-state index contributed by atoms with van der Waals surface area (Å²) in [6.45, 7) is 4.61. The van der Waals surface area contributed by atoms with Gasteiger partial charge in [0.1, 0.15) is 23.6 Å². The average Bonchev–Trinajstić information content (AvgIpc) is 3.42. The number of halogens is 2. The predicted octanol–water partition coefficient (Wildman–Crippen LogP) is 4.76. The molecule has 0 saturated heterocycles. The molecule has 0 atom stereocenters. The van der Waals surface area contributed by atoms with E-state index in [0.29, 0.717) is 22.8 Å². The minimum absolute atomic E-state index is 0.0663. The van der Waals surface area contributed by atoms with Crippen molar-refractivity contribution in [1.82, 2.24) is 15.0 Å². The van der Waals surface area contributed by atoms with Crippen molar-refractivity contribution in [1.29, 1.82) is 0 Å². The number of H-pyrrole nitrogens is 1. The number of anilines is 2. The standard InChI is InChI=1S/C20H21F2N5OS/c1-10(2)29-27-14-6-5-13(21)16(17(14)22)18(28)12-8-24-20-15(12)19(25-9-26-20)23-7-11-3-4-11/h5-6,8-11,27H,3-4,7H2,1-2H3,(H2,23,24,25,26). The maximum absolute atomic E-state index is 15.0. The van der Waals surface area contributed by atoms with E-state index in [-0.39, 0.29) is 16.5 Å². The van der Waals surface area contributed by atoms with Gasteiger partial charge in [0.2, 0.25) is 5.78 Å². The van der Waals surface area contributed by atoms with Crippen LogP contribution in [0.25, 0.3) is 11.0 Å². The summed E-state index contributed by atoms with van der Waals surface area (Å²) in [7, 11) is 0. The van der Waals surface area contributed by atoms with Crippen LogP contribution in [0, 0.1) is 17.6 Å². The van der Waals surface area contributed by atoms with E-state index in [4.69, 9.17) is 0 Å². The molecule has 0 amide bonds. The topological polar surface area (TPSA) is 82.7 Å². The molecule has 152 valence electrons. The van der Waals surface area contributed by atoms with E-state index >= 15 is 0 Å². The molecule has 6 nitrogen and oxygen atoms in total. The number of rotatable bonds is 8. The van der Waals surface area contributed by atoms with Gasteiger partial charge >= 0.3 is 0 Å². The summed E-state index contributed by atoms with van der Waals surface area (Å²) < 4.78 is 32.3. The quantitative estimate of drug-likeness (QED) is 0.362. The third kappa shape index (κ3) is 4.05. The molecule has 1 fully saturated rings. The first-order chi connectivity index (χ1) is 14.0. The molecule has 2 heterocycles. The van der Waals surface area contributed by atoms with Gasteiger partial charge in [-0.05, 0) is 42.8 Å². The number of nitrogens with zero attached hydrogens (tertiary/aromatic N) is 2. The number of hydrogen-bond acceptors (Lipinski definition) is 6. The molecule has 0 bridgehead atoms. The van der Waals surface area contributed by atoms with Gasteiger partial charge < -0.3 is 15.0 Å². The molecule has 3 N–H and O–H groups in total. The van der Waals surface area contributed by atoms with Gasteiger partial charge in [-0.15, -0.1) is 0 Å². The number of nitrogens with one attached hydrogen (secondary N) is 3. The van der Waals surface area contributed by atoms with Crippen LogP contribution < -0.4 is 10.0 Å². The molecule has 9 heteroatoms. The van der Waals surface area contributed by atoms with Gasteiger partial charge in [-0.2, -0.15) is 0 Å². The zero-order valence-electron chi connectivity index (χ0n) is 16.1. The summed E-state index contributed by atoms with van der Waals surface area (Å²) in [5.74, 6) is -1.51. The van der Waals surface area contributed by atoms with Crippen molar-refractivity contribution in [2.24, 2.45) is 5.92 Å². The minimum Gasteiger partial charge on any atom is -0.369 e. The van der Waals surface area contributed by atoms with Crippen LogP contribution in [0.3, 0.4) is 0 Å². The highest BCUT2D eigenvalue weighted by atomic mass is 32.2. The lowest BCUT2D eigenvalue weighted by atomic mass is 10.0. The van der Waals surface area contributed by atoms with E-state index in [1.165, 1.54) is 30.5 Å². The van der Waals surface area contributed by atoms with Crippen molar-refractivity contribution in [2.75, 3.05) is 16.6 Å². The summed E-state index contributed by atoms with van der Waals surface area (Å²) in [5, 5.41) is 3.85. The highest BCUT2D eigenvalue weighted by Crippen LogP contribution is 2.32. The third-order valence-corrected chi connectivity index (χ3v) is 5.50. The van der Waals surface area contributed by atoms with Crippen molar-refractivity contribution in [3.05, 3.63) is 47.4 Å². The first-order valence-corrected chi connectivity index (χ1v) is 10.3. The van der Waals surface area contributed by atoms with E-state index in [1.807, 2.05) is 13.8 Å². The summed E-state index contributed by atoms with van der Waals surface area (Å²) in [4.78, 5) is 24.4. The molecule has 0 radical (unpaired) electrons. The van der Waals surface area contributed by atoms with E-state index in [9.17, 15) is 13.6 Å². The summed E-state index contributed by atoms with van der Waals surface area (Å²) in [6, 6.07) is 2.38. The maximum atomic E-state index is 15.0. The molecule has 1 aliphatic rings. The molecule has 0 spiro atoms. The molecular weight excluding hydrogens is 396 g/mol. The van der Waals surface area contributed by atoms with Crippen molar-refractivity contribution in [3.63, 3.8) is 0 Å². The van der Waals surface area contributed by atoms with Gasteiger partial charge in [0.25, 0.3) is 0 Å². The second-order valence-corrected chi connectivity index (χ2v) is 8.74. The van der Waals surface area contributed by atoms with Crippen molar-refractivity contribution >= 4 is 40.3 Å². The van der Waals surface area contributed by atoms with E-state index in [0.717, 1.165) is 25.5 Å². The van der Waals surface area contributed by atoms with Crippen LogP contribution in [0.5, 0.6) is 0 Å². The summed E-state index contributed by atoms with van der Waals surface area (Å²) in [6.07, 6.45) is 5.12. The number of aromatic nitrogens is 3. The highest BCUT2D eigenvalue weighted by Gasteiger charge is 2.27. The summed E-state index contributed by atoms with van der Waals surface area (Å²) >= 11 is 1.28. The van der Waals surface area contributed by atoms with E-state index in [1.54, 1.807) is 0 Å². The monoisotopic (exact) mass is 417 g/mol. The van der Waals surface area contributed by atoms with Crippen molar-refractivity contribution < 1.29 is 13.6 Å². The number of carbonyl (C=O) groups is 1. The van der Waals surface area contributed by atoms with Crippen LogP contribution in [0.2, 0.25) is 0 Å². The Kier molecular flexibility index (Phi) is 5.40. The molecule has 0 unspecified atom stereocenters. The number of fused-ring (bicyclic) bond motifs is 1. The van der Waals surface area contributed by atoms with Crippen molar-refractivity contribution in [2.45, 2.75) is 31.9 Å². The van der Waals surface area contributed by atoms with Crippen molar-refractivity contribution in [3.8, 4) is 0 Å². The molecule has 3 aromatic rings. The average molecular weight is 417 g/mol. The number of hydrogen-bond donors (Lipinski definition) is 3. The third-order valence-electron chi connectivity index (χ3n) is 4.69. The second kappa shape index (κ2) is 7.98. The molecule has 1 aliphatic carbocycles. The van der Waals surface area contributed by atoms with Crippen LogP contribution in [-0.4, -0.2) is 32.5 Å². The fourth-order valence-corrected chi connectivity index (χ4v) is 3.51. The smallest absolute Gasteiger partial charge is 0.201 e.